The second-order valence-electron chi connectivity index (χ2n) is 5.58. The van der Waals surface area contributed by atoms with Crippen molar-refractivity contribution in [3.8, 4) is 0 Å². The van der Waals surface area contributed by atoms with Crippen molar-refractivity contribution >= 4 is 0 Å². The molecule has 1 aromatic heterocycles. The highest BCUT2D eigenvalue weighted by molar-refractivity contribution is 5.01. The normalized spacial score (nSPS) is 20.0. The standard InChI is InChI=1S/C14H23NO/c1-11(2)14(6-7-14)10-15-12(3)9-13-5-4-8-16-13/h4-5,8,11-12,15H,6-7,9-10H2,1-3H3. The second kappa shape index (κ2) is 4.62. The van der Waals surface area contributed by atoms with E-state index in [4.69, 9.17) is 4.42 Å². The highest BCUT2D eigenvalue weighted by atomic mass is 16.3. The van der Waals surface area contributed by atoms with Gasteiger partial charge in [0.05, 0.1) is 6.26 Å². The lowest BCUT2D eigenvalue weighted by Crippen LogP contribution is -2.35. The van der Waals surface area contributed by atoms with Gasteiger partial charge in [0.2, 0.25) is 0 Å². The molecule has 0 radical (unpaired) electrons. The summed E-state index contributed by atoms with van der Waals surface area (Å²) in [6, 6.07) is 4.51. The molecule has 1 aliphatic rings. The van der Waals surface area contributed by atoms with Crippen molar-refractivity contribution in [2.24, 2.45) is 11.3 Å². The van der Waals surface area contributed by atoms with Gasteiger partial charge < -0.3 is 9.73 Å². The molecule has 1 fully saturated rings. The molecule has 1 atom stereocenters. The molecule has 16 heavy (non-hydrogen) atoms. The highest BCUT2D eigenvalue weighted by Crippen LogP contribution is 2.51. The van der Waals surface area contributed by atoms with Crippen LogP contribution in [0.2, 0.25) is 0 Å². The van der Waals surface area contributed by atoms with Gasteiger partial charge in [-0.2, -0.15) is 0 Å². The Balaban J connectivity index is 1.74. The average molecular weight is 221 g/mol. The third kappa shape index (κ3) is 2.67. The summed E-state index contributed by atoms with van der Waals surface area (Å²) >= 11 is 0. The molecule has 0 aliphatic heterocycles. The van der Waals surface area contributed by atoms with Crippen molar-refractivity contribution in [3.05, 3.63) is 24.2 Å². The summed E-state index contributed by atoms with van der Waals surface area (Å²) in [6.07, 6.45) is 5.52. The maximum Gasteiger partial charge on any atom is 0.105 e. The van der Waals surface area contributed by atoms with Crippen LogP contribution in [0, 0.1) is 11.3 Å². The van der Waals surface area contributed by atoms with Gasteiger partial charge in [0.1, 0.15) is 5.76 Å². The topological polar surface area (TPSA) is 25.2 Å². The summed E-state index contributed by atoms with van der Waals surface area (Å²) in [7, 11) is 0. The Morgan fingerprint density at radius 3 is 2.62 bits per heavy atom. The van der Waals surface area contributed by atoms with Gasteiger partial charge in [-0.05, 0) is 43.2 Å². The molecule has 1 unspecified atom stereocenters. The summed E-state index contributed by atoms with van der Waals surface area (Å²) in [6.45, 7) is 8.07. The molecule has 1 aliphatic carbocycles. The van der Waals surface area contributed by atoms with Crippen LogP contribution in [-0.2, 0) is 6.42 Å². The van der Waals surface area contributed by atoms with Crippen LogP contribution in [0.5, 0.6) is 0 Å². The molecule has 0 saturated heterocycles. The van der Waals surface area contributed by atoms with Crippen LogP contribution < -0.4 is 5.32 Å². The Morgan fingerprint density at radius 2 is 2.12 bits per heavy atom. The molecular weight excluding hydrogens is 198 g/mol. The van der Waals surface area contributed by atoms with E-state index >= 15 is 0 Å². The molecule has 90 valence electrons. The predicted molar refractivity (Wildman–Crippen MR) is 66.4 cm³/mol. The summed E-state index contributed by atoms with van der Waals surface area (Å²) in [5.74, 6) is 1.88. The van der Waals surface area contributed by atoms with Crippen LogP contribution in [0.1, 0.15) is 39.4 Å². The number of rotatable bonds is 6. The van der Waals surface area contributed by atoms with Gasteiger partial charge in [0.25, 0.3) is 0 Å². The first kappa shape index (κ1) is 11.7. The van der Waals surface area contributed by atoms with Crippen molar-refractivity contribution < 1.29 is 4.42 Å². The smallest absolute Gasteiger partial charge is 0.105 e. The van der Waals surface area contributed by atoms with E-state index in [9.17, 15) is 0 Å². The van der Waals surface area contributed by atoms with Crippen LogP contribution in [0.25, 0.3) is 0 Å². The fraction of sp³-hybridized carbons (Fsp3) is 0.714. The molecule has 1 N–H and O–H groups in total. The van der Waals surface area contributed by atoms with Gasteiger partial charge in [-0.25, -0.2) is 0 Å². The summed E-state index contributed by atoms with van der Waals surface area (Å²) in [4.78, 5) is 0. The van der Waals surface area contributed by atoms with Crippen molar-refractivity contribution in [2.45, 2.75) is 46.1 Å². The monoisotopic (exact) mass is 221 g/mol. The minimum absolute atomic E-state index is 0.502. The predicted octanol–water partition coefficient (Wildman–Crippen LogP) is 3.24. The molecule has 1 saturated carbocycles. The Labute approximate surface area is 98.4 Å². The second-order valence-corrected chi connectivity index (χ2v) is 5.58. The molecule has 1 aromatic rings. The first-order chi connectivity index (χ1) is 7.62. The maximum absolute atomic E-state index is 5.36. The van der Waals surface area contributed by atoms with Gasteiger partial charge in [-0.1, -0.05) is 13.8 Å². The Kier molecular flexibility index (Phi) is 3.38. The lowest BCUT2D eigenvalue weighted by Gasteiger charge is -2.22. The van der Waals surface area contributed by atoms with Gasteiger partial charge >= 0.3 is 0 Å². The van der Waals surface area contributed by atoms with Crippen LogP contribution in [0.4, 0.5) is 0 Å². The van der Waals surface area contributed by atoms with Crippen molar-refractivity contribution in [1.82, 2.24) is 5.32 Å². The molecule has 2 heteroatoms. The van der Waals surface area contributed by atoms with E-state index < -0.39 is 0 Å². The van der Waals surface area contributed by atoms with Gasteiger partial charge in [0.15, 0.2) is 0 Å². The largest absolute Gasteiger partial charge is 0.469 e. The quantitative estimate of drug-likeness (QED) is 0.797. The van der Waals surface area contributed by atoms with Crippen LogP contribution in [0.15, 0.2) is 22.8 Å². The van der Waals surface area contributed by atoms with E-state index in [1.807, 2.05) is 12.1 Å². The number of nitrogens with one attached hydrogen (secondary N) is 1. The molecule has 0 spiro atoms. The zero-order chi connectivity index (χ0) is 11.6. The van der Waals surface area contributed by atoms with Crippen molar-refractivity contribution in [2.75, 3.05) is 6.54 Å². The molecule has 0 amide bonds. The van der Waals surface area contributed by atoms with Crippen LogP contribution in [0.3, 0.4) is 0 Å². The Hall–Kier alpha value is -0.760. The van der Waals surface area contributed by atoms with Gasteiger partial charge in [-0.3, -0.25) is 0 Å². The first-order valence-corrected chi connectivity index (χ1v) is 6.38. The van der Waals surface area contributed by atoms with Crippen LogP contribution >= 0.6 is 0 Å². The third-order valence-corrected chi connectivity index (χ3v) is 4.01. The minimum Gasteiger partial charge on any atom is -0.469 e. The summed E-state index contributed by atoms with van der Waals surface area (Å²) in [5.41, 5.74) is 0.595. The maximum atomic E-state index is 5.36. The van der Waals surface area contributed by atoms with E-state index in [1.54, 1.807) is 6.26 Å². The lowest BCUT2D eigenvalue weighted by molar-refractivity contribution is 0.319. The highest BCUT2D eigenvalue weighted by Gasteiger charge is 2.44. The number of hydrogen-bond acceptors (Lipinski definition) is 2. The fourth-order valence-electron chi connectivity index (χ4n) is 2.30. The molecule has 0 bridgehead atoms. The zero-order valence-corrected chi connectivity index (χ0v) is 10.6. The molecular formula is C14H23NO. The van der Waals surface area contributed by atoms with E-state index in [1.165, 1.54) is 12.8 Å². The van der Waals surface area contributed by atoms with E-state index in [-0.39, 0.29) is 0 Å². The molecule has 0 aromatic carbocycles. The van der Waals surface area contributed by atoms with E-state index in [2.05, 4.69) is 26.1 Å². The van der Waals surface area contributed by atoms with Gasteiger partial charge in [0, 0.05) is 19.0 Å². The van der Waals surface area contributed by atoms with Gasteiger partial charge in [-0.15, -0.1) is 0 Å². The van der Waals surface area contributed by atoms with Crippen molar-refractivity contribution in [1.29, 1.82) is 0 Å². The van der Waals surface area contributed by atoms with E-state index in [0.717, 1.165) is 24.6 Å². The zero-order valence-electron chi connectivity index (χ0n) is 10.6. The minimum atomic E-state index is 0.502. The Morgan fingerprint density at radius 1 is 1.38 bits per heavy atom. The SMILES string of the molecule is CC(Cc1ccco1)NCC1(C(C)C)CC1. The number of furan rings is 1. The molecule has 1 heterocycles. The first-order valence-electron chi connectivity index (χ1n) is 6.38. The molecule has 2 nitrogen and oxygen atoms in total. The molecule has 2 rings (SSSR count). The lowest BCUT2D eigenvalue weighted by atomic mass is 9.92. The van der Waals surface area contributed by atoms with Crippen molar-refractivity contribution in [3.63, 3.8) is 0 Å². The fourth-order valence-corrected chi connectivity index (χ4v) is 2.30. The Bertz CT molecular complexity index is 311. The average Bonchev–Trinajstić information content (AvgIpc) is 2.88. The summed E-state index contributed by atoms with van der Waals surface area (Å²) < 4.78 is 5.36. The van der Waals surface area contributed by atoms with E-state index in [0.29, 0.717) is 11.5 Å². The number of hydrogen-bond donors (Lipinski definition) is 1. The third-order valence-electron chi connectivity index (χ3n) is 4.01. The summed E-state index contributed by atoms with van der Waals surface area (Å²) in [5, 5.41) is 3.64. The van der Waals surface area contributed by atoms with Crippen LogP contribution in [-0.4, -0.2) is 12.6 Å².